The third kappa shape index (κ3) is 2.48. The normalized spacial score (nSPS) is 20.6. The zero-order valence-corrected chi connectivity index (χ0v) is 11.2. The molecular formula is C12H21N5O. The lowest BCUT2D eigenvalue weighted by molar-refractivity contribution is 0.0934. The summed E-state index contributed by atoms with van der Waals surface area (Å²) in [5, 5.41) is 9.84. The van der Waals surface area contributed by atoms with Crippen molar-refractivity contribution < 1.29 is 4.79 Å². The topological polar surface area (TPSA) is 87.0 Å². The minimum absolute atomic E-state index is 0.184. The number of hydrogen-bond acceptors (Lipinski definition) is 4. The van der Waals surface area contributed by atoms with Gasteiger partial charge in [0.1, 0.15) is 0 Å². The van der Waals surface area contributed by atoms with Crippen molar-refractivity contribution in [1.82, 2.24) is 20.4 Å². The first-order valence-corrected chi connectivity index (χ1v) is 6.32. The molecule has 1 fully saturated rings. The van der Waals surface area contributed by atoms with Crippen LogP contribution in [0.5, 0.6) is 0 Å². The quantitative estimate of drug-likeness (QED) is 0.732. The third-order valence-corrected chi connectivity index (χ3v) is 3.35. The number of aromatic amines is 1. The second kappa shape index (κ2) is 4.97. The van der Waals surface area contributed by atoms with E-state index in [0.717, 1.165) is 25.2 Å². The number of anilines is 1. The van der Waals surface area contributed by atoms with Crippen LogP contribution >= 0.6 is 0 Å². The van der Waals surface area contributed by atoms with E-state index in [-0.39, 0.29) is 17.9 Å². The maximum atomic E-state index is 12.1. The Balaban J connectivity index is 2.05. The summed E-state index contributed by atoms with van der Waals surface area (Å²) in [5.41, 5.74) is 7.54. The molecule has 0 radical (unpaired) electrons. The number of likely N-dealkylation sites (N-methyl/N-ethyl adjacent to an activating group) is 1. The van der Waals surface area contributed by atoms with Gasteiger partial charge in [0.2, 0.25) is 0 Å². The van der Waals surface area contributed by atoms with E-state index in [9.17, 15) is 4.79 Å². The van der Waals surface area contributed by atoms with Crippen LogP contribution in [-0.4, -0.2) is 47.2 Å². The highest BCUT2D eigenvalue weighted by molar-refractivity contribution is 5.97. The molecule has 1 aliphatic heterocycles. The van der Waals surface area contributed by atoms with Gasteiger partial charge in [-0.1, -0.05) is 13.8 Å². The Bertz CT molecular complexity index is 440. The first-order valence-electron chi connectivity index (χ1n) is 6.32. The van der Waals surface area contributed by atoms with Gasteiger partial charge in [-0.15, -0.1) is 0 Å². The highest BCUT2D eigenvalue weighted by Gasteiger charge is 2.24. The first kappa shape index (κ1) is 12.9. The number of aromatic nitrogens is 2. The van der Waals surface area contributed by atoms with Crippen LogP contribution < -0.4 is 11.1 Å². The Morgan fingerprint density at radius 1 is 1.61 bits per heavy atom. The molecule has 18 heavy (non-hydrogen) atoms. The van der Waals surface area contributed by atoms with Crippen molar-refractivity contribution in [3.05, 3.63) is 11.4 Å². The Morgan fingerprint density at radius 2 is 2.33 bits per heavy atom. The van der Waals surface area contributed by atoms with Crippen molar-refractivity contribution in [2.75, 3.05) is 25.9 Å². The largest absolute Gasteiger partial charge is 0.395 e. The molecule has 100 valence electrons. The van der Waals surface area contributed by atoms with Gasteiger partial charge in [-0.3, -0.25) is 9.89 Å². The van der Waals surface area contributed by atoms with E-state index in [0.29, 0.717) is 11.4 Å². The number of amides is 1. The highest BCUT2D eigenvalue weighted by Crippen LogP contribution is 2.22. The average molecular weight is 251 g/mol. The molecule has 1 aliphatic rings. The van der Waals surface area contributed by atoms with Crippen molar-refractivity contribution >= 4 is 11.6 Å². The van der Waals surface area contributed by atoms with Crippen LogP contribution in [0.2, 0.25) is 0 Å². The van der Waals surface area contributed by atoms with E-state index >= 15 is 0 Å². The van der Waals surface area contributed by atoms with Crippen molar-refractivity contribution in [3.63, 3.8) is 0 Å². The highest BCUT2D eigenvalue weighted by atomic mass is 16.2. The van der Waals surface area contributed by atoms with Crippen LogP contribution in [0.4, 0.5) is 5.69 Å². The van der Waals surface area contributed by atoms with Crippen molar-refractivity contribution in [3.8, 4) is 0 Å². The molecule has 2 rings (SSSR count). The molecule has 1 aromatic heterocycles. The summed E-state index contributed by atoms with van der Waals surface area (Å²) in [6, 6.07) is 0.195. The second-order valence-corrected chi connectivity index (χ2v) is 5.28. The van der Waals surface area contributed by atoms with Crippen molar-refractivity contribution in [2.45, 2.75) is 32.2 Å². The number of carbonyl (C=O) groups is 1. The standard InChI is InChI=1S/C12H21N5O/c1-7(2)10-9(13)11(16-15-10)12(18)14-8-4-5-17(3)6-8/h7-8H,4-6,13H2,1-3H3,(H,14,18)(H,15,16). The number of carbonyl (C=O) groups excluding carboxylic acids is 1. The maximum absolute atomic E-state index is 12.1. The number of hydrogen-bond donors (Lipinski definition) is 3. The fraction of sp³-hybridized carbons (Fsp3) is 0.667. The number of nitrogens with zero attached hydrogens (tertiary/aromatic N) is 2. The lowest BCUT2D eigenvalue weighted by atomic mass is 10.1. The van der Waals surface area contributed by atoms with Gasteiger partial charge in [0.15, 0.2) is 5.69 Å². The molecule has 1 unspecified atom stereocenters. The number of nitrogens with two attached hydrogens (primary N) is 1. The number of nitrogen functional groups attached to an aromatic ring is 1. The summed E-state index contributed by atoms with van der Waals surface area (Å²) in [4.78, 5) is 14.3. The smallest absolute Gasteiger partial charge is 0.274 e. The van der Waals surface area contributed by atoms with Crippen LogP contribution in [0.15, 0.2) is 0 Å². The predicted molar refractivity (Wildman–Crippen MR) is 70.5 cm³/mol. The fourth-order valence-electron chi connectivity index (χ4n) is 2.28. The third-order valence-electron chi connectivity index (χ3n) is 3.35. The van der Waals surface area contributed by atoms with Gasteiger partial charge in [0, 0.05) is 12.6 Å². The molecule has 4 N–H and O–H groups in total. The summed E-state index contributed by atoms with van der Waals surface area (Å²) >= 11 is 0. The molecule has 6 heteroatoms. The molecule has 1 aromatic rings. The van der Waals surface area contributed by atoms with Crippen LogP contribution in [-0.2, 0) is 0 Å². The van der Waals surface area contributed by atoms with Crippen LogP contribution in [0.3, 0.4) is 0 Å². The minimum atomic E-state index is -0.184. The number of H-pyrrole nitrogens is 1. The van der Waals surface area contributed by atoms with Gasteiger partial charge in [-0.2, -0.15) is 5.10 Å². The van der Waals surface area contributed by atoms with E-state index in [1.165, 1.54) is 0 Å². The van der Waals surface area contributed by atoms with Gasteiger partial charge in [0.25, 0.3) is 5.91 Å². The molecule has 1 atom stereocenters. The SMILES string of the molecule is CC(C)c1[nH]nc(C(=O)NC2CCN(C)C2)c1N. The molecule has 0 aliphatic carbocycles. The molecule has 0 bridgehead atoms. The average Bonchev–Trinajstić information content (AvgIpc) is 2.85. The summed E-state index contributed by atoms with van der Waals surface area (Å²) in [6.45, 7) is 5.92. The second-order valence-electron chi connectivity index (χ2n) is 5.28. The van der Waals surface area contributed by atoms with Crippen molar-refractivity contribution in [2.24, 2.45) is 0 Å². The molecule has 0 aromatic carbocycles. The Hall–Kier alpha value is -1.56. The van der Waals surface area contributed by atoms with E-state index in [1.54, 1.807) is 0 Å². The molecule has 2 heterocycles. The van der Waals surface area contributed by atoms with Gasteiger partial charge >= 0.3 is 0 Å². The minimum Gasteiger partial charge on any atom is -0.395 e. The molecule has 6 nitrogen and oxygen atoms in total. The number of rotatable bonds is 3. The van der Waals surface area contributed by atoms with Crippen LogP contribution in [0.1, 0.15) is 42.4 Å². The molecule has 0 saturated carbocycles. The van der Waals surface area contributed by atoms with Gasteiger partial charge in [-0.05, 0) is 25.9 Å². The van der Waals surface area contributed by atoms with Crippen LogP contribution in [0.25, 0.3) is 0 Å². The monoisotopic (exact) mass is 251 g/mol. The summed E-state index contributed by atoms with van der Waals surface area (Å²) in [5.74, 6) is 0.0487. The summed E-state index contributed by atoms with van der Waals surface area (Å²) in [6.07, 6.45) is 0.976. The Morgan fingerprint density at radius 3 is 2.83 bits per heavy atom. The number of nitrogens with one attached hydrogen (secondary N) is 2. The lowest BCUT2D eigenvalue weighted by Crippen LogP contribution is -2.37. The van der Waals surface area contributed by atoms with Crippen LogP contribution in [0, 0.1) is 0 Å². The van der Waals surface area contributed by atoms with Crippen molar-refractivity contribution in [1.29, 1.82) is 0 Å². The fourth-order valence-corrected chi connectivity index (χ4v) is 2.28. The van der Waals surface area contributed by atoms with E-state index < -0.39 is 0 Å². The molecular weight excluding hydrogens is 230 g/mol. The predicted octanol–water partition coefficient (Wildman–Crippen LogP) is 0.549. The van der Waals surface area contributed by atoms with Gasteiger partial charge < -0.3 is 16.0 Å². The molecule has 1 saturated heterocycles. The first-order chi connectivity index (χ1) is 8.49. The summed E-state index contributed by atoms with van der Waals surface area (Å²) in [7, 11) is 2.05. The lowest BCUT2D eigenvalue weighted by Gasteiger charge is -2.12. The molecule has 0 spiro atoms. The van der Waals surface area contributed by atoms with E-state index in [2.05, 4.69) is 20.4 Å². The molecule has 1 amide bonds. The maximum Gasteiger partial charge on any atom is 0.274 e. The van der Waals surface area contributed by atoms with E-state index in [1.807, 2.05) is 20.9 Å². The van der Waals surface area contributed by atoms with Gasteiger partial charge in [-0.25, -0.2) is 0 Å². The Kier molecular flexibility index (Phi) is 3.56. The number of likely N-dealkylation sites (tertiary alicyclic amines) is 1. The Labute approximate surface area is 107 Å². The van der Waals surface area contributed by atoms with E-state index in [4.69, 9.17) is 5.73 Å². The zero-order chi connectivity index (χ0) is 13.3. The zero-order valence-electron chi connectivity index (χ0n) is 11.2. The van der Waals surface area contributed by atoms with Gasteiger partial charge in [0.05, 0.1) is 11.4 Å². The summed E-state index contributed by atoms with van der Waals surface area (Å²) < 4.78 is 0.